The van der Waals surface area contributed by atoms with Crippen molar-refractivity contribution in [1.29, 1.82) is 0 Å². The van der Waals surface area contributed by atoms with Crippen LogP contribution in [0, 0.1) is 11.3 Å². The van der Waals surface area contributed by atoms with Gasteiger partial charge in [0.2, 0.25) is 5.76 Å². The van der Waals surface area contributed by atoms with Crippen molar-refractivity contribution in [2.45, 2.75) is 38.0 Å². The third-order valence-corrected chi connectivity index (χ3v) is 4.68. The Balaban J connectivity index is 0.000000321. The molecule has 2 fully saturated rings. The Hall–Kier alpha value is -2.04. The molecule has 1 aromatic rings. The number of allylic oxidation sites excluding steroid dienone is 1. The summed E-state index contributed by atoms with van der Waals surface area (Å²) < 4.78 is 73.1. The van der Waals surface area contributed by atoms with Crippen molar-refractivity contribution in [1.82, 2.24) is 10.5 Å². The van der Waals surface area contributed by atoms with Crippen LogP contribution in [0.3, 0.4) is 0 Å². The Morgan fingerprint density at radius 2 is 1.78 bits per heavy atom. The number of carbonyl (C=O) groups is 1. The van der Waals surface area contributed by atoms with Crippen LogP contribution in [0.2, 0.25) is 0 Å². The maximum atomic E-state index is 12.4. The van der Waals surface area contributed by atoms with Gasteiger partial charge in [-0.3, -0.25) is 0 Å². The molecule has 5 nitrogen and oxygen atoms in total. The van der Waals surface area contributed by atoms with Gasteiger partial charge in [-0.25, -0.2) is 4.79 Å². The summed E-state index contributed by atoms with van der Waals surface area (Å²) in [6.07, 6.45) is -1.35. The molecule has 3 rings (SSSR count). The summed E-state index contributed by atoms with van der Waals surface area (Å²) >= 11 is 0. The van der Waals surface area contributed by atoms with Crippen molar-refractivity contribution < 1.29 is 40.8 Å². The van der Waals surface area contributed by atoms with Crippen molar-refractivity contribution in [2.24, 2.45) is 11.3 Å². The highest BCUT2D eigenvalue weighted by Crippen LogP contribution is 2.42. The van der Waals surface area contributed by atoms with Crippen molar-refractivity contribution in [2.75, 3.05) is 13.1 Å². The van der Waals surface area contributed by atoms with E-state index >= 15 is 0 Å². The second-order valence-corrected chi connectivity index (χ2v) is 6.72. The molecule has 1 aliphatic carbocycles. The topological polar surface area (TPSA) is 75.4 Å². The molecule has 0 unspecified atom stereocenters. The van der Waals surface area contributed by atoms with Crippen molar-refractivity contribution in [3.05, 3.63) is 23.6 Å². The zero-order chi connectivity index (χ0) is 20.3. The molecule has 0 bridgehead atoms. The van der Waals surface area contributed by atoms with Crippen LogP contribution in [0.1, 0.15) is 37.1 Å². The monoisotopic (exact) mass is 400 g/mol. The molecule has 1 spiro atoms. The lowest BCUT2D eigenvalue weighted by Gasteiger charge is -2.47. The minimum Gasteiger partial charge on any atom is -0.475 e. The second-order valence-electron chi connectivity index (χ2n) is 6.72. The van der Waals surface area contributed by atoms with Gasteiger partial charge in [0.25, 0.3) is 0 Å². The molecule has 2 N–H and O–H groups in total. The Labute approximate surface area is 150 Å². The summed E-state index contributed by atoms with van der Waals surface area (Å²) in [4.78, 5) is 8.90. The number of hydrogen-bond donors (Lipinski definition) is 2. The summed E-state index contributed by atoms with van der Waals surface area (Å²) in [6, 6.07) is 0.941. The van der Waals surface area contributed by atoms with Crippen LogP contribution in [0.4, 0.5) is 26.3 Å². The molecule has 0 aromatic carbocycles. The number of halogens is 6. The van der Waals surface area contributed by atoms with E-state index in [1.807, 2.05) is 6.08 Å². The minimum absolute atomic E-state index is 0.239. The number of carboxylic acid groups (broad SMARTS) is 1. The maximum absolute atomic E-state index is 12.4. The summed E-state index contributed by atoms with van der Waals surface area (Å²) in [5, 5.41) is 13.9. The fourth-order valence-corrected chi connectivity index (χ4v) is 3.01. The van der Waals surface area contributed by atoms with E-state index < -0.39 is 24.1 Å². The molecular formula is C16H18F6N2O3. The lowest BCUT2D eigenvalue weighted by atomic mass is 9.67. The molecular weight excluding hydrogens is 382 g/mol. The van der Waals surface area contributed by atoms with Gasteiger partial charge < -0.3 is 14.9 Å². The Morgan fingerprint density at radius 3 is 2.15 bits per heavy atom. The molecule has 0 atom stereocenters. The Kier molecular flexibility index (Phi) is 6.23. The fraction of sp³-hybridized carbons (Fsp3) is 0.625. The highest BCUT2D eigenvalue weighted by Gasteiger charge is 2.40. The SMILES string of the molecule is FC(F)(F)c1cc(C=CC2CCC3(CC2)CNC3)no1.O=C(O)C(F)(F)F. The van der Waals surface area contributed by atoms with Crippen LogP contribution in [-0.2, 0) is 11.0 Å². The van der Waals surface area contributed by atoms with E-state index in [4.69, 9.17) is 9.90 Å². The summed E-state index contributed by atoms with van der Waals surface area (Å²) in [7, 11) is 0. The van der Waals surface area contributed by atoms with E-state index in [0.717, 1.165) is 32.0 Å². The van der Waals surface area contributed by atoms with Gasteiger partial charge in [-0.15, -0.1) is 0 Å². The van der Waals surface area contributed by atoms with Crippen molar-refractivity contribution in [3.8, 4) is 0 Å². The molecule has 152 valence electrons. The van der Waals surface area contributed by atoms with E-state index in [0.29, 0.717) is 11.3 Å². The molecule has 1 aromatic heterocycles. The van der Waals surface area contributed by atoms with E-state index in [1.54, 1.807) is 6.08 Å². The lowest BCUT2D eigenvalue weighted by molar-refractivity contribution is -0.192. The summed E-state index contributed by atoms with van der Waals surface area (Å²) in [6.45, 7) is 2.23. The van der Waals surface area contributed by atoms with Gasteiger partial charge >= 0.3 is 18.3 Å². The summed E-state index contributed by atoms with van der Waals surface area (Å²) in [5.74, 6) is -3.36. The quantitative estimate of drug-likeness (QED) is 0.731. The molecule has 11 heteroatoms. The number of rotatable bonds is 2. The molecule has 0 amide bonds. The zero-order valence-electron chi connectivity index (χ0n) is 14.0. The lowest BCUT2D eigenvalue weighted by Crippen LogP contribution is -2.54. The number of alkyl halides is 6. The molecule has 0 radical (unpaired) electrons. The van der Waals surface area contributed by atoms with Crippen LogP contribution in [0.5, 0.6) is 0 Å². The summed E-state index contributed by atoms with van der Waals surface area (Å²) in [5.41, 5.74) is 0.740. The van der Waals surface area contributed by atoms with Crippen LogP contribution in [-0.4, -0.2) is 35.5 Å². The van der Waals surface area contributed by atoms with Gasteiger partial charge in [-0.05, 0) is 43.1 Å². The number of nitrogens with one attached hydrogen (secondary N) is 1. The van der Waals surface area contributed by atoms with Crippen LogP contribution in [0.15, 0.2) is 16.7 Å². The maximum Gasteiger partial charge on any atom is 0.490 e. The Morgan fingerprint density at radius 1 is 1.22 bits per heavy atom. The Bertz CT molecular complexity index is 666. The number of hydrogen-bond acceptors (Lipinski definition) is 4. The molecule has 2 aliphatic rings. The smallest absolute Gasteiger partial charge is 0.475 e. The first-order valence-electron chi connectivity index (χ1n) is 8.14. The molecule has 1 saturated carbocycles. The normalized spacial score (nSPS) is 20.2. The highest BCUT2D eigenvalue weighted by molar-refractivity contribution is 5.73. The zero-order valence-corrected chi connectivity index (χ0v) is 14.0. The standard InChI is InChI=1S/C14H17F3N2O.C2HF3O2/c15-14(16,17)12-7-11(19-20-12)2-1-10-3-5-13(6-4-10)8-18-9-13;3-2(4,5)1(6)7/h1-2,7,10,18H,3-6,8-9H2;(H,6,7). The van der Waals surface area contributed by atoms with Gasteiger partial charge in [-0.2, -0.15) is 26.3 Å². The number of aromatic nitrogens is 1. The molecule has 1 aliphatic heterocycles. The second kappa shape index (κ2) is 7.91. The first-order chi connectivity index (χ1) is 12.4. The van der Waals surface area contributed by atoms with Gasteiger partial charge in [0.1, 0.15) is 5.69 Å². The molecule has 1 saturated heterocycles. The van der Waals surface area contributed by atoms with Gasteiger partial charge in [0, 0.05) is 19.2 Å². The predicted octanol–water partition coefficient (Wildman–Crippen LogP) is 4.12. The predicted molar refractivity (Wildman–Crippen MR) is 81.5 cm³/mol. The average molecular weight is 400 g/mol. The van der Waals surface area contributed by atoms with E-state index in [2.05, 4.69) is 15.0 Å². The van der Waals surface area contributed by atoms with Crippen LogP contribution in [0.25, 0.3) is 6.08 Å². The molecule has 27 heavy (non-hydrogen) atoms. The van der Waals surface area contributed by atoms with Gasteiger partial charge in [-0.1, -0.05) is 11.2 Å². The molecule has 2 heterocycles. The van der Waals surface area contributed by atoms with Crippen LogP contribution < -0.4 is 5.32 Å². The minimum atomic E-state index is -5.08. The third kappa shape index (κ3) is 5.98. The first-order valence-corrected chi connectivity index (χ1v) is 8.14. The van der Waals surface area contributed by atoms with Crippen LogP contribution >= 0.6 is 0 Å². The highest BCUT2D eigenvalue weighted by atomic mass is 19.4. The largest absolute Gasteiger partial charge is 0.490 e. The number of carboxylic acids is 1. The van der Waals surface area contributed by atoms with Crippen molar-refractivity contribution >= 4 is 12.0 Å². The third-order valence-electron chi connectivity index (χ3n) is 4.68. The number of nitrogens with zero attached hydrogens (tertiary/aromatic N) is 1. The average Bonchev–Trinajstić information content (AvgIpc) is 3.01. The first kappa shape index (κ1) is 21.3. The number of aliphatic carboxylic acids is 1. The van der Waals surface area contributed by atoms with E-state index in [1.165, 1.54) is 12.8 Å². The van der Waals surface area contributed by atoms with E-state index in [-0.39, 0.29) is 5.69 Å². The van der Waals surface area contributed by atoms with Gasteiger partial charge in [0.15, 0.2) is 0 Å². The van der Waals surface area contributed by atoms with E-state index in [9.17, 15) is 26.3 Å². The fourth-order valence-electron chi connectivity index (χ4n) is 3.01. The van der Waals surface area contributed by atoms with Crippen molar-refractivity contribution in [3.63, 3.8) is 0 Å². The van der Waals surface area contributed by atoms with Gasteiger partial charge in [0.05, 0.1) is 0 Å².